The third-order valence-corrected chi connectivity index (χ3v) is 16.5. The SMILES string of the molecule is Cc1cccc(-c2cc(F)c(N(c3ccc(-c4ccccc4)cc3)c3ccc4ccc5c(N(c6ccc(-c7ccccc7)cc6)c6c(F)cc(-c7cccc(C)c7)cc6-c6cccc(C)c6)ccc6ccc3c4c65)c(-c3cccc(C)c3)c2)c1. The fourth-order valence-corrected chi connectivity index (χ4v) is 12.5. The van der Waals surface area contributed by atoms with Gasteiger partial charge in [-0.25, -0.2) is 8.78 Å². The summed E-state index contributed by atoms with van der Waals surface area (Å²) in [7, 11) is 0. The number of anilines is 6. The number of hydrogen-bond acceptors (Lipinski definition) is 2. The standard InChI is InChI=1S/C80H58F2N2/c1-51-15-11-23-61(43-51)65-47-71(63-25-13-17-53(3)45-63)79(73(81)49-65)83(67-35-27-57(28-36-67)55-19-7-5-8-20-55)75-41-33-59-32-40-70-76(42-34-60-31-39-69(75)77(59)78(60)70)84(68-37-29-58(30-38-68)56-21-9-6-10-22-56)80-72(64-26-14-18-54(4)46-64)48-66(50-74(80)82)62-24-12-16-52(2)44-62/h5-50H,1-4H3. The number of rotatable bonds is 12. The van der Waals surface area contributed by atoms with Crippen LogP contribution in [0.1, 0.15) is 22.3 Å². The first-order valence-corrected chi connectivity index (χ1v) is 28.7. The van der Waals surface area contributed by atoms with Crippen LogP contribution in [-0.4, -0.2) is 0 Å². The highest BCUT2D eigenvalue weighted by atomic mass is 19.1. The van der Waals surface area contributed by atoms with Crippen LogP contribution in [0.3, 0.4) is 0 Å². The van der Waals surface area contributed by atoms with E-state index in [1.54, 1.807) is 12.1 Å². The number of benzene rings is 14. The van der Waals surface area contributed by atoms with E-state index in [0.717, 1.165) is 144 Å². The molecule has 14 aromatic carbocycles. The highest BCUT2D eigenvalue weighted by molar-refractivity contribution is 6.28. The van der Waals surface area contributed by atoms with Gasteiger partial charge in [-0.05, 0) is 166 Å². The lowest BCUT2D eigenvalue weighted by Crippen LogP contribution is -2.15. The van der Waals surface area contributed by atoms with Crippen molar-refractivity contribution in [2.24, 2.45) is 0 Å². The molecule has 0 heterocycles. The molecule has 402 valence electrons. The molecule has 0 atom stereocenters. The summed E-state index contributed by atoms with van der Waals surface area (Å²) in [5.74, 6) is -0.696. The summed E-state index contributed by atoms with van der Waals surface area (Å²) in [5.41, 5.74) is 19.6. The molecule has 14 aromatic rings. The monoisotopic (exact) mass is 1080 g/mol. The van der Waals surface area contributed by atoms with Gasteiger partial charge in [0.2, 0.25) is 0 Å². The Balaban J connectivity index is 1.03. The molecule has 0 spiro atoms. The second-order valence-electron chi connectivity index (χ2n) is 22.3. The summed E-state index contributed by atoms with van der Waals surface area (Å²) in [6.45, 7) is 8.30. The molecule has 0 N–H and O–H groups in total. The maximum Gasteiger partial charge on any atom is 0.148 e. The molecule has 0 aliphatic rings. The molecule has 2 nitrogen and oxygen atoms in total. The van der Waals surface area contributed by atoms with E-state index < -0.39 is 0 Å². The summed E-state index contributed by atoms with van der Waals surface area (Å²) in [6, 6.07) is 95.9. The average Bonchev–Trinajstić information content (AvgIpc) is 1.39. The van der Waals surface area contributed by atoms with Crippen molar-refractivity contribution in [3.8, 4) is 66.8 Å². The predicted octanol–water partition coefficient (Wildman–Crippen LogP) is 23.0. The molecule has 0 amide bonds. The molecular weight excluding hydrogens is 1030 g/mol. The number of nitrogens with zero attached hydrogens (tertiary/aromatic N) is 2. The smallest absolute Gasteiger partial charge is 0.148 e. The van der Waals surface area contributed by atoms with Crippen LogP contribution >= 0.6 is 0 Å². The molecule has 0 saturated heterocycles. The predicted molar refractivity (Wildman–Crippen MR) is 351 cm³/mol. The first-order valence-electron chi connectivity index (χ1n) is 28.7. The second-order valence-corrected chi connectivity index (χ2v) is 22.3. The van der Waals surface area contributed by atoms with Gasteiger partial charge in [-0.3, -0.25) is 0 Å². The highest BCUT2D eigenvalue weighted by Crippen LogP contribution is 2.52. The highest BCUT2D eigenvalue weighted by Gasteiger charge is 2.29. The van der Waals surface area contributed by atoms with Gasteiger partial charge in [-0.15, -0.1) is 0 Å². The van der Waals surface area contributed by atoms with E-state index in [4.69, 9.17) is 0 Å². The van der Waals surface area contributed by atoms with E-state index in [0.29, 0.717) is 11.4 Å². The van der Waals surface area contributed by atoms with Gasteiger partial charge < -0.3 is 9.80 Å². The minimum atomic E-state index is -0.348. The van der Waals surface area contributed by atoms with Crippen LogP contribution in [-0.2, 0) is 0 Å². The Bertz CT molecular complexity index is 4470. The zero-order chi connectivity index (χ0) is 57.0. The van der Waals surface area contributed by atoms with Gasteiger partial charge in [0, 0.05) is 33.3 Å². The Morgan fingerprint density at radius 3 is 0.940 bits per heavy atom. The van der Waals surface area contributed by atoms with Crippen LogP contribution in [0.5, 0.6) is 0 Å². The molecule has 0 saturated carbocycles. The lowest BCUT2D eigenvalue weighted by atomic mass is 9.90. The summed E-state index contributed by atoms with van der Waals surface area (Å²) in [4.78, 5) is 4.24. The molecule has 14 rings (SSSR count). The third kappa shape index (κ3) is 9.52. The lowest BCUT2D eigenvalue weighted by Gasteiger charge is -2.32. The van der Waals surface area contributed by atoms with Gasteiger partial charge in [0.1, 0.15) is 11.6 Å². The topological polar surface area (TPSA) is 6.48 Å². The maximum absolute atomic E-state index is 18.3. The normalized spacial score (nSPS) is 11.5. The average molecular weight is 1090 g/mol. The van der Waals surface area contributed by atoms with Crippen LogP contribution in [0.2, 0.25) is 0 Å². The van der Waals surface area contributed by atoms with Gasteiger partial charge in [-0.2, -0.15) is 0 Å². The molecule has 0 aliphatic heterocycles. The van der Waals surface area contributed by atoms with Gasteiger partial charge in [0.15, 0.2) is 0 Å². The lowest BCUT2D eigenvalue weighted by molar-refractivity contribution is 0.629. The summed E-state index contributed by atoms with van der Waals surface area (Å²) < 4.78 is 36.6. The quantitative estimate of drug-likeness (QED) is 0.113. The van der Waals surface area contributed by atoms with E-state index in [1.165, 1.54) is 0 Å². The van der Waals surface area contributed by atoms with Gasteiger partial charge in [0.25, 0.3) is 0 Å². The molecular formula is C80H58F2N2. The van der Waals surface area contributed by atoms with Crippen LogP contribution in [0.25, 0.3) is 99.1 Å². The van der Waals surface area contributed by atoms with Crippen molar-refractivity contribution in [3.63, 3.8) is 0 Å². The zero-order valence-corrected chi connectivity index (χ0v) is 47.2. The molecule has 0 radical (unpaired) electrons. The van der Waals surface area contributed by atoms with E-state index in [1.807, 2.05) is 60.7 Å². The fourth-order valence-electron chi connectivity index (χ4n) is 12.5. The van der Waals surface area contributed by atoms with Crippen molar-refractivity contribution in [1.29, 1.82) is 0 Å². The van der Waals surface area contributed by atoms with Gasteiger partial charge in [0.05, 0.1) is 22.7 Å². The van der Waals surface area contributed by atoms with Gasteiger partial charge in [-0.1, -0.05) is 241 Å². The van der Waals surface area contributed by atoms with Crippen LogP contribution in [0.15, 0.2) is 279 Å². The molecule has 0 fully saturated rings. The number of aryl methyl sites for hydroxylation is 4. The molecule has 0 bridgehead atoms. The number of hydrogen-bond donors (Lipinski definition) is 0. The Labute approximate surface area is 489 Å². The van der Waals surface area contributed by atoms with E-state index in [9.17, 15) is 0 Å². The Kier molecular flexibility index (Phi) is 13.2. The van der Waals surface area contributed by atoms with Crippen molar-refractivity contribution in [2.45, 2.75) is 27.7 Å². The zero-order valence-electron chi connectivity index (χ0n) is 47.2. The van der Waals surface area contributed by atoms with E-state index >= 15 is 8.78 Å². The van der Waals surface area contributed by atoms with Crippen LogP contribution in [0.4, 0.5) is 42.9 Å². The van der Waals surface area contributed by atoms with Crippen molar-refractivity contribution in [2.75, 3.05) is 9.80 Å². The minimum Gasteiger partial charge on any atom is -0.307 e. The maximum atomic E-state index is 18.3. The summed E-state index contributed by atoms with van der Waals surface area (Å²) >= 11 is 0. The van der Waals surface area contributed by atoms with Crippen molar-refractivity contribution in [3.05, 3.63) is 313 Å². The molecule has 0 aromatic heterocycles. The fraction of sp³-hybridized carbons (Fsp3) is 0.0500. The Morgan fingerprint density at radius 1 is 0.250 bits per heavy atom. The minimum absolute atomic E-state index is 0.348. The Morgan fingerprint density at radius 2 is 0.571 bits per heavy atom. The Hall–Kier alpha value is -10.4. The molecule has 0 unspecified atom stereocenters. The second kappa shape index (κ2) is 21.5. The van der Waals surface area contributed by atoms with Crippen molar-refractivity contribution < 1.29 is 8.78 Å². The third-order valence-electron chi connectivity index (χ3n) is 16.5. The molecule has 4 heteroatoms. The first-order chi connectivity index (χ1) is 41.1. The van der Waals surface area contributed by atoms with Crippen LogP contribution in [0, 0.1) is 39.3 Å². The van der Waals surface area contributed by atoms with Crippen molar-refractivity contribution in [1.82, 2.24) is 0 Å². The van der Waals surface area contributed by atoms with E-state index in [-0.39, 0.29) is 11.6 Å². The largest absolute Gasteiger partial charge is 0.307 e. The number of halogens is 2. The van der Waals surface area contributed by atoms with Crippen LogP contribution < -0.4 is 9.80 Å². The summed E-state index contributed by atoms with van der Waals surface area (Å²) in [6.07, 6.45) is 0. The summed E-state index contributed by atoms with van der Waals surface area (Å²) in [5, 5.41) is 6.01. The van der Waals surface area contributed by atoms with Gasteiger partial charge >= 0.3 is 0 Å². The van der Waals surface area contributed by atoms with E-state index in [2.05, 4.69) is 244 Å². The molecule has 84 heavy (non-hydrogen) atoms. The first kappa shape index (κ1) is 51.7. The van der Waals surface area contributed by atoms with Crippen molar-refractivity contribution >= 4 is 66.4 Å². The molecule has 0 aliphatic carbocycles.